The molecule has 0 saturated heterocycles. The van der Waals surface area contributed by atoms with Gasteiger partial charge in [0.1, 0.15) is 0 Å². The van der Waals surface area contributed by atoms with Crippen LogP contribution >= 0.6 is 15.9 Å². The van der Waals surface area contributed by atoms with Crippen molar-refractivity contribution in [2.45, 2.75) is 0 Å². The van der Waals surface area contributed by atoms with Gasteiger partial charge in [-0.1, -0.05) is 28.1 Å². The number of hydrogen-bond acceptors (Lipinski definition) is 2. The van der Waals surface area contributed by atoms with Gasteiger partial charge in [0.15, 0.2) is 0 Å². The van der Waals surface area contributed by atoms with E-state index in [1.807, 2.05) is 18.2 Å². The molecule has 104 valence electrons. The van der Waals surface area contributed by atoms with Crippen LogP contribution < -0.4 is 5.32 Å². The second-order valence-electron chi connectivity index (χ2n) is 4.71. The van der Waals surface area contributed by atoms with Crippen molar-refractivity contribution in [1.29, 1.82) is 0 Å². The van der Waals surface area contributed by atoms with Crippen LogP contribution in [-0.2, 0) is 0 Å². The summed E-state index contributed by atoms with van der Waals surface area (Å²) >= 11 is 3.46. The van der Waals surface area contributed by atoms with Crippen molar-refractivity contribution in [3.05, 3.63) is 70.7 Å². The molecule has 3 aromatic carbocycles. The zero-order valence-electron chi connectivity index (χ0n) is 11.0. The molecule has 0 atom stereocenters. The second-order valence-corrected chi connectivity index (χ2v) is 5.63. The lowest BCUT2D eigenvalue weighted by Crippen LogP contribution is -1.96. The average Bonchev–Trinajstić information content (AvgIpc) is 2.48. The maximum Gasteiger partial charge on any atom is 0.335 e. The molecule has 0 fully saturated rings. The van der Waals surface area contributed by atoms with Crippen LogP contribution in [-0.4, -0.2) is 11.1 Å². The summed E-state index contributed by atoms with van der Waals surface area (Å²) in [6.07, 6.45) is 0. The van der Waals surface area contributed by atoms with Crippen LogP contribution in [0, 0.1) is 0 Å². The first kappa shape index (κ1) is 13.6. The number of halogens is 1. The molecule has 0 heterocycles. The third kappa shape index (κ3) is 3.06. The van der Waals surface area contributed by atoms with Gasteiger partial charge >= 0.3 is 5.97 Å². The molecule has 0 aliphatic heterocycles. The number of benzene rings is 3. The quantitative estimate of drug-likeness (QED) is 0.701. The van der Waals surface area contributed by atoms with Crippen LogP contribution in [0.1, 0.15) is 10.4 Å². The molecule has 21 heavy (non-hydrogen) atoms. The standard InChI is InChI=1S/C17H12BrNO2/c18-14-5-1-13-10-16(8-4-12(13)9-14)19-15-6-2-11(3-7-15)17(20)21/h1-10,19H,(H,20,21). The van der Waals surface area contributed by atoms with Crippen molar-refractivity contribution < 1.29 is 9.90 Å². The fourth-order valence-corrected chi connectivity index (χ4v) is 2.54. The van der Waals surface area contributed by atoms with Gasteiger partial charge in [-0.15, -0.1) is 0 Å². The monoisotopic (exact) mass is 341 g/mol. The van der Waals surface area contributed by atoms with Gasteiger partial charge in [0.25, 0.3) is 0 Å². The first-order valence-corrected chi connectivity index (χ1v) is 7.21. The number of fused-ring (bicyclic) bond motifs is 1. The highest BCUT2D eigenvalue weighted by atomic mass is 79.9. The molecule has 2 N–H and O–H groups in total. The van der Waals surface area contributed by atoms with E-state index >= 15 is 0 Å². The van der Waals surface area contributed by atoms with E-state index in [2.05, 4.69) is 39.4 Å². The normalized spacial score (nSPS) is 10.5. The Kier molecular flexibility index (Phi) is 3.62. The number of carbonyl (C=O) groups is 1. The summed E-state index contributed by atoms with van der Waals surface area (Å²) in [6.45, 7) is 0. The molecular weight excluding hydrogens is 330 g/mol. The Balaban J connectivity index is 1.87. The molecule has 3 nitrogen and oxygen atoms in total. The van der Waals surface area contributed by atoms with Crippen LogP contribution in [0.2, 0.25) is 0 Å². The van der Waals surface area contributed by atoms with Gasteiger partial charge in [0.2, 0.25) is 0 Å². The number of carboxylic acid groups (broad SMARTS) is 1. The summed E-state index contributed by atoms with van der Waals surface area (Å²) in [4.78, 5) is 10.8. The Morgan fingerprint density at radius 3 is 2.19 bits per heavy atom. The molecule has 0 bridgehead atoms. The molecule has 0 radical (unpaired) electrons. The average molecular weight is 342 g/mol. The second kappa shape index (κ2) is 5.58. The maximum atomic E-state index is 10.8. The SMILES string of the molecule is O=C(O)c1ccc(Nc2ccc3cc(Br)ccc3c2)cc1. The molecule has 0 amide bonds. The van der Waals surface area contributed by atoms with E-state index in [1.54, 1.807) is 24.3 Å². The Hall–Kier alpha value is -2.33. The summed E-state index contributed by atoms with van der Waals surface area (Å²) in [5.41, 5.74) is 2.10. The lowest BCUT2D eigenvalue weighted by molar-refractivity contribution is 0.0697. The van der Waals surface area contributed by atoms with Crippen LogP contribution in [0.5, 0.6) is 0 Å². The van der Waals surface area contributed by atoms with Gasteiger partial charge in [0.05, 0.1) is 5.56 Å². The van der Waals surface area contributed by atoms with E-state index in [9.17, 15) is 4.79 Å². The highest BCUT2D eigenvalue weighted by molar-refractivity contribution is 9.10. The topological polar surface area (TPSA) is 49.3 Å². The number of hydrogen-bond donors (Lipinski definition) is 2. The zero-order chi connectivity index (χ0) is 14.8. The van der Waals surface area contributed by atoms with Crippen LogP contribution in [0.3, 0.4) is 0 Å². The first-order chi connectivity index (χ1) is 10.1. The molecule has 3 rings (SSSR count). The number of anilines is 2. The highest BCUT2D eigenvalue weighted by Gasteiger charge is 2.02. The van der Waals surface area contributed by atoms with Crippen molar-refractivity contribution in [3.8, 4) is 0 Å². The largest absolute Gasteiger partial charge is 0.478 e. The Morgan fingerprint density at radius 1 is 0.857 bits per heavy atom. The van der Waals surface area contributed by atoms with E-state index in [0.717, 1.165) is 26.6 Å². The van der Waals surface area contributed by atoms with Gasteiger partial charge in [-0.25, -0.2) is 4.79 Å². The van der Waals surface area contributed by atoms with E-state index in [1.165, 1.54) is 0 Å². The van der Waals surface area contributed by atoms with Crippen LogP contribution in [0.4, 0.5) is 11.4 Å². The van der Waals surface area contributed by atoms with Gasteiger partial charge in [0, 0.05) is 15.8 Å². The molecule has 3 aromatic rings. The summed E-state index contributed by atoms with van der Waals surface area (Å²) in [6, 6.07) is 18.9. The molecule has 0 unspecified atom stereocenters. The zero-order valence-corrected chi connectivity index (χ0v) is 12.6. The highest BCUT2D eigenvalue weighted by Crippen LogP contribution is 2.25. The minimum Gasteiger partial charge on any atom is -0.478 e. The van der Waals surface area contributed by atoms with Gasteiger partial charge in [-0.3, -0.25) is 0 Å². The number of nitrogens with one attached hydrogen (secondary N) is 1. The molecular formula is C17H12BrNO2. The fourth-order valence-electron chi connectivity index (χ4n) is 2.16. The fraction of sp³-hybridized carbons (Fsp3) is 0. The van der Waals surface area contributed by atoms with Gasteiger partial charge < -0.3 is 10.4 Å². The Labute approximate surface area is 130 Å². The number of aromatic carboxylic acids is 1. The lowest BCUT2D eigenvalue weighted by Gasteiger charge is -2.08. The molecule has 0 aliphatic rings. The minimum atomic E-state index is -0.919. The molecule has 0 spiro atoms. The Bertz CT molecular complexity index is 813. The third-order valence-corrected chi connectivity index (χ3v) is 3.72. The van der Waals surface area contributed by atoms with Crippen molar-refractivity contribution in [1.82, 2.24) is 0 Å². The van der Waals surface area contributed by atoms with Gasteiger partial charge in [-0.2, -0.15) is 0 Å². The summed E-state index contributed by atoms with van der Waals surface area (Å²) in [5.74, 6) is -0.919. The molecule has 4 heteroatoms. The molecule has 0 aromatic heterocycles. The van der Waals surface area contributed by atoms with E-state index in [0.29, 0.717) is 0 Å². The number of rotatable bonds is 3. The maximum absolute atomic E-state index is 10.8. The smallest absolute Gasteiger partial charge is 0.335 e. The third-order valence-electron chi connectivity index (χ3n) is 3.22. The predicted molar refractivity (Wildman–Crippen MR) is 88.3 cm³/mol. The van der Waals surface area contributed by atoms with Crippen molar-refractivity contribution in [3.63, 3.8) is 0 Å². The van der Waals surface area contributed by atoms with E-state index in [-0.39, 0.29) is 5.56 Å². The molecule has 0 aliphatic carbocycles. The summed E-state index contributed by atoms with van der Waals surface area (Å²) < 4.78 is 1.06. The lowest BCUT2D eigenvalue weighted by atomic mass is 10.1. The van der Waals surface area contributed by atoms with Crippen molar-refractivity contribution in [2.75, 3.05) is 5.32 Å². The van der Waals surface area contributed by atoms with Crippen molar-refractivity contribution in [2.24, 2.45) is 0 Å². The first-order valence-electron chi connectivity index (χ1n) is 6.41. The van der Waals surface area contributed by atoms with E-state index in [4.69, 9.17) is 5.11 Å². The predicted octanol–water partition coefficient (Wildman–Crippen LogP) is 5.04. The van der Waals surface area contributed by atoms with Gasteiger partial charge in [-0.05, 0) is 59.3 Å². The number of carboxylic acids is 1. The van der Waals surface area contributed by atoms with Crippen molar-refractivity contribution >= 4 is 44.0 Å². The Morgan fingerprint density at radius 2 is 1.48 bits per heavy atom. The van der Waals surface area contributed by atoms with Crippen LogP contribution in [0.15, 0.2) is 65.1 Å². The molecule has 0 saturated carbocycles. The summed E-state index contributed by atoms with van der Waals surface area (Å²) in [5, 5.41) is 14.5. The van der Waals surface area contributed by atoms with E-state index < -0.39 is 5.97 Å². The summed E-state index contributed by atoms with van der Waals surface area (Å²) in [7, 11) is 0. The van der Waals surface area contributed by atoms with Crippen LogP contribution in [0.25, 0.3) is 10.8 Å². The minimum absolute atomic E-state index is 0.281.